The smallest absolute Gasteiger partial charge is 0.257 e. The van der Waals surface area contributed by atoms with Crippen LogP contribution in [0.2, 0.25) is 0 Å². The monoisotopic (exact) mass is 271 g/mol. The summed E-state index contributed by atoms with van der Waals surface area (Å²) in [6, 6.07) is 1.79. The second kappa shape index (κ2) is 4.39. The van der Waals surface area contributed by atoms with Crippen molar-refractivity contribution in [3.8, 4) is 0 Å². The fourth-order valence-corrected chi connectivity index (χ4v) is 2.20. The number of rotatable bonds is 1. The Kier molecular flexibility index (Phi) is 3.14. The van der Waals surface area contributed by atoms with E-state index < -0.39 is 0 Å². The Labute approximate surface area is 97.6 Å². The topological polar surface area (TPSA) is 33.5 Å². The van der Waals surface area contributed by atoms with Gasteiger partial charge >= 0.3 is 0 Å². The number of halogens is 1. The van der Waals surface area contributed by atoms with Gasteiger partial charge in [-0.25, -0.2) is 0 Å². The van der Waals surface area contributed by atoms with Crippen LogP contribution < -0.4 is 0 Å². The van der Waals surface area contributed by atoms with Crippen molar-refractivity contribution in [2.45, 2.75) is 24.6 Å². The molecule has 82 valence electrons. The van der Waals surface area contributed by atoms with Crippen molar-refractivity contribution in [1.82, 2.24) is 4.90 Å². The molecule has 0 atom stereocenters. The van der Waals surface area contributed by atoms with Gasteiger partial charge in [-0.05, 0) is 25.8 Å². The standard InChI is InChI=1S/C11H14BrNO2/c1-8-6-9(7-15-8)11(14)13-4-2-10(12)3-5-13/h6-7,10H,2-5H2,1H3. The molecule has 0 radical (unpaired) electrons. The molecule has 0 aliphatic carbocycles. The molecule has 1 fully saturated rings. The number of nitrogens with zero attached hydrogens (tertiary/aromatic N) is 1. The van der Waals surface area contributed by atoms with Crippen molar-refractivity contribution in [2.24, 2.45) is 0 Å². The minimum absolute atomic E-state index is 0.0891. The highest BCUT2D eigenvalue weighted by molar-refractivity contribution is 9.09. The lowest BCUT2D eigenvalue weighted by atomic mass is 10.1. The second-order valence-electron chi connectivity index (χ2n) is 3.91. The molecule has 3 nitrogen and oxygen atoms in total. The van der Waals surface area contributed by atoms with Crippen LogP contribution in [0.4, 0.5) is 0 Å². The Morgan fingerprint density at radius 1 is 1.53 bits per heavy atom. The van der Waals surface area contributed by atoms with Crippen molar-refractivity contribution < 1.29 is 9.21 Å². The SMILES string of the molecule is Cc1cc(C(=O)N2CCC(Br)CC2)co1. The predicted molar refractivity (Wildman–Crippen MR) is 61.3 cm³/mol. The van der Waals surface area contributed by atoms with Crippen LogP contribution in [0.3, 0.4) is 0 Å². The summed E-state index contributed by atoms with van der Waals surface area (Å²) in [6.07, 6.45) is 3.60. The van der Waals surface area contributed by atoms with Crippen LogP contribution in [-0.2, 0) is 0 Å². The zero-order valence-electron chi connectivity index (χ0n) is 8.70. The van der Waals surface area contributed by atoms with Crippen molar-refractivity contribution in [2.75, 3.05) is 13.1 Å². The quantitative estimate of drug-likeness (QED) is 0.736. The first-order valence-corrected chi connectivity index (χ1v) is 6.07. The first-order valence-electron chi connectivity index (χ1n) is 5.15. The van der Waals surface area contributed by atoms with Crippen molar-refractivity contribution in [3.63, 3.8) is 0 Å². The zero-order valence-corrected chi connectivity index (χ0v) is 10.3. The summed E-state index contributed by atoms with van der Waals surface area (Å²) in [5.41, 5.74) is 0.667. The molecular formula is C11H14BrNO2. The van der Waals surface area contributed by atoms with E-state index in [1.165, 1.54) is 6.26 Å². The van der Waals surface area contributed by atoms with Crippen LogP contribution in [0.5, 0.6) is 0 Å². The number of piperidine rings is 1. The Morgan fingerprint density at radius 2 is 2.20 bits per heavy atom. The van der Waals surface area contributed by atoms with Crippen molar-refractivity contribution in [3.05, 3.63) is 23.7 Å². The lowest BCUT2D eigenvalue weighted by molar-refractivity contribution is 0.0727. The number of hydrogen-bond acceptors (Lipinski definition) is 2. The van der Waals surface area contributed by atoms with Gasteiger partial charge in [0.05, 0.1) is 5.56 Å². The lowest BCUT2D eigenvalue weighted by Gasteiger charge is -2.29. The average molecular weight is 272 g/mol. The number of likely N-dealkylation sites (tertiary alicyclic amines) is 1. The van der Waals surface area contributed by atoms with E-state index in [1.54, 1.807) is 6.07 Å². The number of carbonyl (C=O) groups excluding carboxylic acids is 1. The summed E-state index contributed by atoms with van der Waals surface area (Å²) in [4.78, 5) is 14.4. The van der Waals surface area contributed by atoms with E-state index in [-0.39, 0.29) is 5.91 Å². The number of aryl methyl sites for hydroxylation is 1. The Morgan fingerprint density at radius 3 is 2.73 bits per heavy atom. The Hall–Kier alpha value is -0.770. The number of hydrogen-bond donors (Lipinski definition) is 0. The molecule has 1 aliphatic rings. The molecule has 0 saturated carbocycles. The average Bonchev–Trinajstić information content (AvgIpc) is 2.65. The van der Waals surface area contributed by atoms with E-state index in [4.69, 9.17) is 4.42 Å². The van der Waals surface area contributed by atoms with Gasteiger partial charge in [0.25, 0.3) is 5.91 Å². The van der Waals surface area contributed by atoms with Gasteiger partial charge in [-0.2, -0.15) is 0 Å². The van der Waals surface area contributed by atoms with E-state index in [9.17, 15) is 4.79 Å². The number of furan rings is 1. The van der Waals surface area contributed by atoms with Gasteiger partial charge in [0.1, 0.15) is 12.0 Å². The van der Waals surface area contributed by atoms with Crippen LogP contribution in [0.25, 0.3) is 0 Å². The van der Waals surface area contributed by atoms with Crippen LogP contribution in [0, 0.1) is 6.92 Å². The maximum absolute atomic E-state index is 12.0. The molecule has 4 heteroatoms. The minimum atomic E-state index is 0.0891. The number of carbonyl (C=O) groups is 1. The highest BCUT2D eigenvalue weighted by atomic mass is 79.9. The van der Waals surface area contributed by atoms with Gasteiger partial charge in [0.2, 0.25) is 0 Å². The molecule has 1 amide bonds. The van der Waals surface area contributed by atoms with Crippen LogP contribution >= 0.6 is 15.9 Å². The molecule has 0 aromatic carbocycles. The predicted octanol–water partition coefficient (Wildman–Crippen LogP) is 2.59. The normalized spacial score (nSPS) is 18.1. The van der Waals surface area contributed by atoms with Crippen molar-refractivity contribution >= 4 is 21.8 Å². The van der Waals surface area contributed by atoms with E-state index in [0.717, 1.165) is 31.7 Å². The third kappa shape index (κ3) is 2.43. The number of alkyl halides is 1. The summed E-state index contributed by atoms with van der Waals surface area (Å²) in [7, 11) is 0. The summed E-state index contributed by atoms with van der Waals surface area (Å²) in [6.45, 7) is 3.51. The number of amides is 1. The molecule has 1 aromatic heterocycles. The highest BCUT2D eigenvalue weighted by Gasteiger charge is 2.22. The van der Waals surface area contributed by atoms with Crippen LogP contribution in [-0.4, -0.2) is 28.7 Å². The fraction of sp³-hybridized carbons (Fsp3) is 0.545. The molecule has 0 unspecified atom stereocenters. The maximum atomic E-state index is 12.0. The third-order valence-corrected chi connectivity index (χ3v) is 3.60. The third-order valence-electron chi connectivity index (χ3n) is 2.69. The first-order chi connectivity index (χ1) is 7.16. The molecule has 0 bridgehead atoms. The summed E-state index contributed by atoms with van der Waals surface area (Å²) in [5, 5.41) is 0. The van der Waals surface area contributed by atoms with Gasteiger partial charge in [0.15, 0.2) is 0 Å². The first kappa shape index (κ1) is 10.7. The van der Waals surface area contributed by atoms with Gasteiger partial charge in [-0.15, -0.1) is 0 Å². The van der Waals surface area contributed by atoms with Crippen LogP contribution in [0.1, 0.15) is 29.0 Å². The van der Waals surface area contributed by atoms with Gasteiger partial charge in [0, 0.05) is 17.9 Å². The maximum Gasteiger partial charge on any atom is 0.257 e. The second-order valence-corrected chi connectivity index (χ2v) is 5.21. The minimum Gasteiger partial charge on any atom is -0.469 e. The molecule has 1 aliphatic heterocycles. The van der Waals surface area contributed by atoms with E-state index >= 15 is 0 Å². The molecule has 0 N–H and O–H groups in total. The Balaban J connectivity index is 2.02. The summed E-state index contributed by atoms with van der Waals surface area (Å²) >= 11 is 3.57. The fourth-order valence-electron chi connectivity index (χ4n) is 1.79. The van der Waals surface area contributed by atoms with Crippen molar-refractivity contribution in [1.29, 1.82) is 0 Å². The molecule has 0 spiro atoms. The van der Waals surface area contributed by atoms with E-state index in [1.807, 2.05) is 11.8 Å². The highest BCUT2D eigenvalue weighted by Crippen LogP contribution is 2.19. The summed E-state index contributed by atoms with van der Waals surface area (Å²) in [5.74, 6) is 0.875. The molecule has 1 aromatic rings. The lowest BCUT2D eigenvalue weighted by Crippen LogP contribution is -2.38. The molecule has 1 saturated heterocycles. The zero-order chi connectivity index (χ0) is 10.8. The van der Waals surface area contributed by atoms with Gasteiger partial charge in [-0.1, -0.05) is 15.9 Å². The molecule has 2 rings (SSSR count). The molecule has 15 heavy (non-hydrogen) atoms. The van der Waals surface area contributed by atoms with Crippen LogP contribution in [0.15, 0.2) is 16.7 Å². The van der Waals surface area contributed by atoms with E-state index in [2.05, 4.69) is 15.9 Å². The Bertz CT molecular complexity index is 353. The molecule has 2 heterocycles. The van der Waals surface area contributed by atoms with Gasteiger partial charge < -0.3 is 9.32 Å². The largest absolute Gasteiger partial charge is 0.469 e. The van der Waals surface area contributed by atoms with E-state index in [0.29, 0.717) is 10.4 Å². The molecular weight excluding hydrogens is 258 g/mol. The van der Waals surface area contributed by atoms with Gasteiger partial charge in [-0.3, -0.25) is 4.79 Å². The summed E-state index contributed by atoms with van der Waals surface area (Å²) < 4.78 is 5.14.